The molecule has 1 amide bonds. The molecule has 1 aliphatic carbocycles. The number of anilines is 1. The van der Waals surface area contributed by atoms with Gasteiger partial charge in [0.05, 0.1) is 24.1 Å². The average Bonchev–Trinajstić information content (AvgIpc) is 3.50. The lowest BCUT2D eigenvalue weighted by molar-refractivity contribution is -0.105. The zero-order chi connectivity index (χ0) is 24.3. The minimum atomic E-state index is 0.123. The average molecular weight is 446 g/mol. The van der Waals surface area contributed by atoms with Crippen molar-refractivity contribution < 1.29 is 9.53 Å². The van der Waals surface area contributed by atoms with E-state index in [2.05, 4.69) is 65.1 Å². The summed E-state index contributed by atoms with van der Waals surface area (Å²) in [5, 5.41) is 10.7. The van der Waals surface area contributed by atoms with Gasteiger partial charge in [-0.1, -0.05) is 31.2 Å². The highest BCUT2D eigenvalue weighted by Gasteiger charge is 2.53. The standard InChI is InChI=1S/C19H26N2O.C7H5N3O/c1-6-21-12-18(16(4)20-5)22-13-19(11-15(19)3)17-10-8-7-9-14(17)2;8-3-6-1-2-7(9-4-6)10-5-11/h7-10,12,15H,5-6,11,13H2,1-4H3;1-2,4-5H,(H,9,10,11)/b18-16+,21-12?;. The summed E-state index contributed by atoms with van der Waals surface area (Å²) in [6, 6.07) is 13.7. The van der Waals surface area contributed by atoms with E-state index < -0.39 is 0 Å². The Bertz CT molecular complexity index is 1050. The number of rotatable bonds is 9. The molecule has 1 fully saturated rings. The number of aliphatic imine (C=N–C) groups is 2. The van der Waals surface area contributed by atoms with Crippen LogP contribution in [0.15, 0.2) is 64.0 Å². The Labute approximate surface area is 196 Å². The predicted octanol–water partition coefficient (Wildman–Crippen LogP) is 4.83. The molecule has 7 heteroatoms. The highest BCUT2D eigenvalue weighted by Crippen LogP contribution is 2.55. The molecule has 0 radical (unpaired) electrons. The van der Waals surface area contributed by atoms with Gasteiger partial charge in [-0.25, -0.2) is 4.98 Å². The minimum Gasteiger partial charge on any atom is -0.489 e. The van der Waals surface area contributed by atoms with Gasteiger partial charge in [-0.2, -0.15) is 5.26 Å². The van der Waals surface area contributed by atoms with Crippen LogP contribution >= 0.6 is 0 Å². The van der Waals surface area contributed by atoms with Crippen molar-refractivity contribution >= 4 is 25.2 Å². The van der Waals surface area contributed by atoms with Crippen molar-refractivity contribution in [1.29, 1.82) is 5.26 Å². The molecule has 0 spiro atoms. The number of allylic oxidation sites excluding steroid dienone is 2. The number of carbonyl (C=O) groups is 1. The molecule has 1 aliphatic rings. The summed E-state index contributed by atoms with van der Waals surface area (Å²) < 4.78 is 6.10. The van der Waals surface area contributed by atoms with Crippen LogP contribution in [-0.2, 0) is 14.9 Å². The molecule has 0 aliphatic heterocycles. The normalized spacial score (nSPS) is 19.4. The summed E-state index contributed by atoms with van der Waals surface area (Å²) >= 11 is 0. The fraction of sp³-hybridized carbons (Fsp3) is 0.346. The number of aryl methyl sites for hydroxylation is 1. The summed E-state index contributed by atoms with van der Waals surface area (Å²) in [6.07, 6.45) is 4.86. The van der Waals surface area contributed by atoms with E-state index in [0.717, 1.165) is 24.4 Å². The van der Waals surface area contributed by atoms with Crippen LogP contribution in [0, 0.1) is 24.2 Å². The molecule has 3 rings (SSSR count). The smallest absolute Gasteiger partial charge is 0.212 e. The number of pyridine rings is 1. The summed E-state index contributed by atoms with van der Waals surface area (Å²) in [7, 11) is 0. The molecule has 1 heterocycles. The van der Waals surface area contributed by atoms with Crippen LogP contribution in [0.4, 0.5) is 5.82 Å². The van der Waals surface area contributed by atoms with Gasteiger partial charge in [0.15, 0.2) is 5.76 Å². The summed E-state index contributed by atoms with van der Waals surface area (Å²) in [5.74, 6) is 1.80. The molecular weight excluding hydrogens is 414 g/mol. The molecule has 2 atom stereocenters. The first-order chi connectivity index (χ1) is 15.9. The van der Waals surface area contributed by atoms with Crippen LogP contribution in [-0.4, -0.2) is 37.5 Å². The van der Waals surface area contributed by atoms with Crippen LogP contribution < -0.4 is 5.32 Å². The van der Waals surface area contributed by atoms with Crippen molar-refractivity contribution in [3.8, 4) is 6.07 Å². The van der Waals surface area contributed by atoms with Crippen LogP contribution in [0.5, 0.6) is 0 Å². The number of hydrogen-bond donors (Lipinski definition) is 1. The minimum absolute atomic E-state index is 0.123. The number of nitriles is 1. The second kappa shape index (κ2) is 12.3. The highest BCUT2D eigenvalue weighted by molar-refractivity contribution is 5.77. The maximum atomic E-state index is 9.91. The van der Waals surface area contributed by atoms with Crippen LogP contribution in [0.1, 0.15) is 43.9 Å². The molecule has 1 N–H and O–H groups in total. The van der Waals surface area contributed by atoms with E-state index in [-0.39, 0.29) is 5.41 Å². The third-order valence-electron chi connectivity index (χ3n) is 5.70. The number of nitrogens with zero attached hydrogens (tertiary/aromatic N) is 4. The number of nitrogens with one attached hydrogen (secondary N) is 1. The highest BCUT2D eigenvalue weighted by atomic mass is 16.5. The topological polar surface area (TPSA) is 99.7 Å². The van der Waals surface area contributed by atoms with E-state index in [1.807, 2.05) is 19.9 Å². The Morgan fingerprint density at radius 3 is 2.64 bits per heavy atom. The van der Waals surface area contributed by atoms with Gasteiger partial charge in [0.25, 0.3) is 0 Å². The van der Waals surface area contributed by atoms with Gasteiger partial charge in [-0.15, -0.1) is 0 Å². The maximum Gasteiger partial charge on any atom is 0.212 e. The first-order valence-corrected chi connectivity index (χ1v) is 10.8. The molecule has 0 bridgehead atoms. The van der Waals surface area contributed by atoms with Gasteiger partial charge < -0.3 is 10.1 Å². The van der Waals surface area contributed by atoms with Crippen molar-refractivity contribution in [3.05, 3.63) is 70.7 Å². The van der Waals surface area contributed by atoms with Gasteiger partial charge in [0, 0.05) is 18.2 Å². The maximum absolute atomic E-state index is 9.91. The molecule has 1 aromatic carbocycles. The van der Waals surface area contributed by atoms with Crippen molar-refractivity contribution in [2.75, 3.05) is 18.5 Å². The zero-order valence-electron chi connectivity index (χ0n) is 19.7. The lowest BCUT2D eigenvalue weighted by Crippen LogP contribution is -2.19. The van der Waals surface area contributed by atoms with Gasteiger partial charge in [0.1, 0.15) is 11.9 Å². The van der Waals surface area contributed by atoms with Crippen molar-refractivity contribution in [2.24, 2.45) is 15.9 Å². The number of benzene rings is 1. The first-order valence-electron chi connectivity index (χ1n) is 10.8. The second-order valence-corrected chi connectivity index (χ2v) is 7.91. The Kier molecular flexibility index (Phi) is 9.49. The van der Waals surface area contributed by atoms with E-state index in [1.54, 1.807) is 18.3 Å². The second-order valence-electron chi connectivity index (χ2n) is 7.91. The number of ether oxygens (including phenoxy) is 1. The number of hydrogen-bond acceptors (Lipinski definition) is 6. The Balaban J connectivity index is 0.000000294. The SMILES string of the molecule is C=N/C(C)=C(\C=NCC)OCC1(c2ccccc2C)CC1C.N#Cc1ccc(NC=O)nc1. The van der Waals surface area contributed by atoms with Gasteiger partial charge in [0.2, 0.25) is 6.41 Å². The molecule has 2 unspecified atom stereocenters. The van der Waals surface area contributed by atoms with E-state index in [4.69, 9.17) is 10.00 Å². The van der Waals surface area contributed by atoms with E-state index >= 15 is 0 Å². The van der Waals surface area contributed by atoms with Gasteiger partial charge >= 0.3 is 0 Å². The van der Waals surface area contributed by atoms with Crippen molar-refractivity contribution in [1.82, 2.24) is 4.98 Å². The number of amides is 1. The van der Waals surface area contributed by atoms with Crippen LogP contribution in [0.3, 0.4) is 0 Å². The largest absolute Gasteiger partial charge is 0.489 e. The Morgan fingerprint density at radius 2 is 2.12 bits per heavy atom. The summed E-state index contributed by atoms with van der Waals surface area (Å²) in [4.78, 5) is 21.9. The van der Waals surface area contributed by atoms with Crippen molar-refractivity contribution in [3.63, 3.8) is 0 Å². The zero-order valence-corrected chi connectivity index (χ0v) is 19.7. The molecule has 33 heavy (non-hydrogen) atoms. The fourth-order valence-corrected chi connectivity index (χ4v) is 3.57. The van der Waals surface area contributed by atoms with E-state index in [1.165, 1.54) is 17.3 Å². The summed E-state index contributed by atoms with van der Waals surface area (Å²) in [6.45, 7) is 13.4. The number of aromatic nitrogens is 1. The first kappa shape index (κ1) is 25.5. The molecule has 1 aromatic heterocycles. The summed E-state index contributed by atoms with van der Waals surface area (Å²) in [5.41, 5.74) is 4.12. The van der Waals surface area contributed by atoms with Crippen molar-refractivity contribution in [2.45, 2.75) is 39.5 Å². The van der Waals surface area contributed by atoms with Crippen LogP contribution in [0.2, 0.25) is 0 Å². The molecule has 172 valence electrons. The predicted molar refractivity (Wildman–Crippen MR) is 133 cm³/mol. The third kappa shape index (κ3) is 6.84. The quantitative estimate of drug-likeness (QED) is 0.339. The molecule has 0 saturated heterocycles. The molecule has 7 nitrogen and oxygen atoms in total. The monoisotopic (exact) mass is 445 g/mol. The lowest BCUT2D eigenvalue weighted by Gasteiger charge is -2.21. The van der Waals surface area contributed by atoms with E-state index in [9.17, 15) is 4.79 Å². The molecule has 1 saturated carbocycles. The molecule has 2 aromatic rings. The lowest BCUT2D eigenvalue weighted by atomic mass is 9.90. The van der Waals surface area contributed by atoms with Gasteiger partial charge in [-0.3, -0.25) is 14.8 Å². The Morgan fingerprint density at radius 1 is 1.39 bits per heavy atom. The Hall–Kier alpha value is -3.79. The van der Waals surface area contributed by atoms with E-state index in [0.29, 0.717) is 30.3 Å². The van der Waals surface area contributed by atoms with Gasteiger partial charge in [-0.05, 0) is 63.1 Å². The number of carbonyl (C=O) groups excluding carboxylic acids is 1. The molecular formula is C26H31N5O2. The third-order valence-corrected chi connectivity index (χ3v) is 5.70. The fourth-order valence-electron chi connectivity index (χ4n) is 3.57. The van der Waals surface area contributed by atoms with Crippen LogP contribution in [0.25, 0.3) is 0 Å².